The Balaban J connectivity index is 0.889. The zero-order valence-electron chi connectivity index (χ0n) is 54.5. The Morgan fingerprint density at radius 3 is 2.26 bits per heavy atom. The molecule has 11 rings (SSSR count). The Labute approximate surface area is 546 Å². The number of hydrazine groups is 1. The fourth-order valence-electron chi connectivity index (χ4n) is 13.2. The highest BCUT2D eigenvalue weighted by Crippen LogP contribution is 2.47. The molecule has 6 aromatic rings. The van der Waals surface area contributed by atoms with Gasteiger partial charge in [-0.15, -0.1) is 11.3 Å². The summed E-state index contributed by atoms with van der Waals surface area (Å²) in [6.07, 6.45) is 3.36. The van der Waals surface area contributed by atoms with Crippen LogP contribution in [-0.4, -0.2) is 143 Å². The standard InChI is InChI=1S/C69H85BBrN7O12S/c1-14-76-55-27-26-43(70-89-68(9,10)69(11,12)90-70)32-50(55)52(33-67(7,8)39-87-63(80)54-25-20-28-77(75-54)62(79)58(74-64(81)88-66(4,5)6)60(85-15-2)61-73-56(71)38-91-61)59(76)51-31-42(34-72-57(51)40(3)83-13)41-29-44-35-84-36-45(30-41)78(44)65(82)86-37-53-48-23-18-16-21-46(48)47-22-17-19-24-49(47)53/h16-19,21-24,26-27,29,31-32,34,38,40,44-45,53-54,58,60,75H,14-15,20,25,28,30,33,35-37,39H2,1-13H3,(H,74,81)/t40-,44?,45?,54-,58-,60-/m0/s1. The van der Waals surface area contributed by atoms with Gasteiger partial charge in [0, 0.05) is 66.2 Å². The van der Waals surface area contributed by atoms with E-state index in [9.17, 15) is 19.2 Å². The minimum atomic E-state index is -1.26. The SMILES string of the molecule is CCO[C@H](c1nc(Br)cs1)[C@H](NC(=O)OC(C)(C)C)C(=O)N1CCC[C@@H](C(=O)OCC(C)(C)Cc2c(-c3cc(C4=CC5COCC(C4)N5C(=O)OCC4c5ccccc5-c5ccccc54)cnc3[C@H](C)OC)n(CC)c3ccc(B4OC(C)(C)C(C)(C)O4)cc23)N1. The van der Waals surface area contributed by atoms with Crippen molar-refractivity contribution in [3.8, 4) is 22.4 Å². The molecule has 2 bridgehead atoms. The molecule has 1 aliphatic carbocycles. The summed E-state index contributed by atoms with van der Waals surface area (Å²) in [4.78, 5) is 68.6. The van der Waals surface area contributed by atoms with Gasteiger partial charge in [-0.05, 0) is 167 Å². The van der Waals surface area contributed by atoms with Gasteiger partial charge in [-0.2, -0.15) is 0 Å². The quantitative estimate of drug-likeness (QED) is 0.0440. The average Bonchev–Trinajstić information content (AvgIpc) is 1.62. The third kappa shape index (κ3) is 13.7. The number of nitrogens with zero attached hydrogens (tertiary/aromatic N) is 5. The number of thiazole rings is 1. The van der Waals surface area contributed by atoms with Crippen molar-refractivity contribution in [1.29, 1.82) is 0 Å². The van der Waals surface area contributed by atoms with Crippen molar-refractivity contribution in [3.05, 3.63) is 128 Å². The summed E-state index contributed by atoms with van der Waals surface area (Å²) in [6, 6.07) is 22.5. The van der Waals surface area contributed by atoms with Crippen LogP contribution < -0.4 is 16.2 Å². The lowest BCUT2D eigenvalue weighted by Gasteiger charge is -2.44. The number of carbonyl (C=O) groups excluding carboxylic acids is 4. The minimum Gasteiger partial charge on any atom is -0.464 e. The zero-order chi connectivity index (χ0) is 64.9. The first-order valence-corrected chi connectivity index (χ1v) is 33.4. The number of esters is 1. The number of aromatic nitrogens is 3. The highest BCUT2D eigenvalue weighted by atomic mass is 79.9. The van der Waals surface area contributed by atoms with E-state index in [2.05, 4.69) is 112 Å². The molecule has 3 saturated heterocycles. The van der Waals surface area contributed by atoms with Crippen LogP contribution in [0.2, 0.25) is 0 Å². The number of methoxy groups -OCH3 is 1. The fraction of sp³-hybridized carbons (Fsp3) is 0.507. The molecular formula is C69H85BBrN7O12S. The summed E-state index contributed by atoms with van der Waals surface area (Å²) in [5, 5.41) is 7.37. The molecule has 22 heteroatoms. The molecule has 4 aliphatic heterocycles. The molecular weight excluding hydrogens is 1240 g/mol. The number of rotatable bonds is 19. The number of amides is 3. The maximum atomic E-state index is 14.7. The molecule has 6 atom stereocenters. The predicted octanol–water partition coefficient (Wildman–Crippen LogP) is 12.0. The number of halogens is 1. The van der Waals surface area contributed by atoms with Crippen molar-refractivity contribution in [2.24, 2.45) is 5.41 Å². The van der Waals surface area contributed by atoms with E-state index in [1.54, 1.807) is 40.2 Å². The first-order valence-electron chi connectivity index (χ1n) is 31.7. The first-order chi connectivity index (χ1) is 43.3. The van der Waals surface area contributed by atoms with Crippen molar-refractivity contribution in [2.75, 3.05) is 46.7 Å². The van der Waals surface area contributed by atoms with E-state index in [1.807, 2.05) is 70.0 Å². The number of fused-ring (bicyclic) bond motifs is 6. The molecule has 2 unspecified atom stereocenters. The number of nitrogens with one attached hydrogen (secondary N) is 2. The van der Waals surface area contributed by atoms with Gasteiger partial charge in [0.05, 0.1) is 60.6 Å². The normalized spacial score (nSPS) is 20.6. The molecule has 0 saturated carbocycles. The van der Waals surface area contributed by atoms with Crippen LogP contribution >= 0.6 is 27.3 Å². The molecule has 7 heterocycles. The van der Waals surface area contributed by atoms with Crippen LogP contribution in [0, 0.1) is 5.41 Å². The third-order valence-corrected chi connectivity index (χ3v) is 20.0. The number of hydrogen-bond donors (Lipinski definition) is 2. The van der Waals surface area contributed by atoms with Crippen LogP contribution in [0.15, 0.2) is 95.1 Å². The zero-order valence-corrected chi connectivity index (χ0v) is 56.9. The van der Waals surface area contributed by atoms with Gasteiger partial charge >= 0.3 is 25.3 Å². The van der Waals surface area contributed by atoms with Crippen LogP contribution in [0.4, 0.5) is 9.59 Å². The van der Waals surface area contributed by atoms with E-state index in [0.29, 0.717) is 55.1 Å². The third-order valence-electron chi connectivity index (χ3n) is 18.4. The van der Waals surface area contributed by atoms with Crippen LogP contribution in [0.25, 0.3) is 38.9 Å². The molecule has 3 fully saturated rings. The molecule has 0 spiro atoms. The Hall–Kier alpha value is -6.50. The minimum absolute atomic E-state index is 0.0266. The molecule has 5 aliphatic rings. The maximum absolute atomic E-state index is 14.7. The van der Waals surface area contributed by atoms with Crippen LogP contribution in [0.3, 0.4) is 0 Å². The summed E-state index contributed by atoms with van der Waals surface area (Å²) in [5.41, 5.74) is 12.6. The van der Waals surface area contributed by atoms with E-state index in [0.717, 1.165) is 61.1 Å². The highest BCUT2D eigenvalue weighted by molar-refractivity contribution is 9.10. The number of aryl methyl sites for hydroxylation is 1. The summed E-state index contributed by atoms with van der Waals surface area (Å²) in [7, 11) is 1.05. The monoisotopic (exact) mass is 1330 g/mol. The second kappa shape index (κ2) is 26.5. The summed E-state index contributed by atoms with van der Waals surface area (Å²) in [6.45, 7) is 25.5. The van der Waals surface area contributed by atoms with Crippen molar-refractivity contribution in [1.82, 2.24) is 35.2 Å². The van der Waals surface area contributed by atoms with Gasteiger partial charge in [-0.25, -0.2) is 20.0 Å². The van der Waals surface area contributed by atoms with E-state index in [1.165, 1.54) is 27.5 Å². The Kier molecular flexibility index (Phi) is 19.2. The van der Waals surface area contributed by atoms with Crippen LogP contribution in [0.1, 0.15) is 153 Å². The van der Waals surface area contributed by atoms with Gasteiger partial charge in [0.2, 0.25) is 0 Å². The number of benzene rings is 3. The van der Waals surface area contributed by atoms with Gasteiger partial charge in [-0.1, -0.05) is 80.6 Å². The lowest BCUT2D eigenvalue weighted by Crippen LogP contribution is -2.61. The number of hydrogen-bond acceptors (Lipinski definition) is 16. The first kappa shape index (κ1) is 66.0. The van der Waals surface area contributed by atoms with Gasteiger partial charge in [0.25, 0.3) is 5.91 Å². The van der Waals surface area contributed by atoms with Gasteiger partial charge < -0.3 is 47.6 Å². The van der Waals surface area contributed by atoms with Gasteiger partial charge in [-0.3, -0.25) is 24.5 Å². The maximum Gasteiger partial charge on any atom is 0.494 e. The molecule has 0 radical (unpaired) electrons. The van der Waals surface area contributed by atoms with Crippen molar-refractivity contribution in [2.45, 2.75) is 174 Å². The molecule has 3 aromatic carbocycles. The molecule has 3 amide bonds. The molecule has 19 nitrogen and oxygen atoms in total. The van der Waals surface area contributed by atoms with E-state index >= 15 is 0 Å². The smallest absolute Gasteiger partial charge is 0.464 e. The van der Waals surface area contributed by atoms with Gasteiger partial charge in [0.1, 0.15) is 40.0 Å². The molecule has 484 valence electrons. The second-order valence-corrected chi connectivity index (χ2v) is 28.8. The number of pyridine rings is 1. The predicted molar refractivity (Wildman–Crippen MR) is 354 cm³/mol. The highest BCUT2D eigenvalue weighted by Gasteiger charge is 2.52. The lowest BCUT2D eigenvalue weighted by atomic mass is 9.77. The van der Waals surface area contributed by atoms with Crippen LogP contribution in [-0.2, 0) is 60.3 Å². The van der Waals surface area contributed by atoms with Crippen molar-refractivity contribution >= 4 is 80.4 Å². The van der Waals surface area contributed by atoms with Crippen molar-refractivity contribution < 1.29 is 56.9 Å². The summed E-state index contributed by atoms with van der Waals surface area (Å²) < 4.78 is 52.8. The fourth-order valence-corrected chi connectivity index (χ4v) is 14.5. The number of alkyl carbamates (subject to hydrolysis) is 1. The summed E-state index contributed by atoms with van der Waals surface area (Å²) in [5.74, 6) is -1.12. The largest absolute Gasteiger partial charge is 0.494 e. The number of carbonyl (C=O) groups is 4. The lowest BCUT2D eigenvalue weighted by molar-refractivity contribution is -0.156. The molecule has 91 heavy (non-hydrogen) atoms. The topological polar surface area (TPSA) is 203 Å². The molecule has 2 N–H and O–H groups in total. The average molecular weight is 1330 g/mol. The Bertz CT molecular complexity index is 3690. The van der Waals surface area contributed by atoms with E-state index in [-0.39, 0.29) is 50.5 Å². The Morgan fingerprint density at radius 2 is 1.63 bits per heavy atom. The van der Waals surface area contributed by atoms with E-state index in [4.69, 9.17) is 42.7 Å². The second-order valence-electron chi connectivity index (χ2n) is 27.1. The van der Waals surface area contributed by atoms with Gasteiger partial charge in [0.15, 0.2) is 0 Å². The summed E-state index contributed by atoms with van der Waals surface area (Å²) >= 11 is 4.70. The number of ether oxygens (including phenoxy) is 6. The van der Waals surface area contributed by atoms with Crippen LogP contribution in [0.5, 0.6) is 0 Å². The van der Waals surface area contributed by atoms with Crippen molar-refractivity contribution in [3.63, 3.8) is 0 Å². The Morgan fingerprint density at radius 1 is 0.923 bits per heavy atom. The number of morpholine rings is 1. The van der Waals surface area contributed by atoms with E-state index < -0.39 is 71.6 Å². The molecule has 3 aromatic heterocycles.